The van der Waals surface area contributed by atoms with E-state index in [1.165, 1.54) is 12.1 Å². The van der Waals surface area contributed by atoms with Crippen molar-refractivity contribution in [3.05, 3.63) is 39.4 Å². The van der Waals surface area contributed by atoms with Crippen molar-refractivity contribution in [2.24, 2.45) is 0 Å². The number of hydrogen-bond donors (Lipinski definition) is 0. The summed E-state index contributed by atoms with van der Waals surface area (Å²) in [6.07, 6.45) is -0.468. The molecule has 0 aliphatic carbocycles. The number of benzene rings is 1. The summed E-state index contributed by atoms with van der Waals surface area (Å²) in [5.41, 5.74) is -1.09. The van der Waals surface area contributed by atoms with Gasteiger partial charge in [-0.2, -0.15) is 0 Å². The second kappa shape index (κ2) is 7.07. The monoisotopic (exact) mass is 350 g/mol. The molecule has 1 unspecified atom stereocenters. The van der Waals surface area contributed by atoms with E-state index in [0.717, 1.165) is 20.3 Å². The summed E-state index contributed by atoms with van der Waals surface area (Å²) in [7, 11) is 2.22. The molecule has 2 rings (SSSR count). The Morgan fingerprint density at radius 2 is 1.88 bits per heavy atom. The lowest BCUT2D eigenvalue weighted by atomic mass is 10.1. The van der Waals surface area contributed by atoms with E-state index in [2.05, 4.69) is 9.47 Å². The molecule has 25 heavy (non-hydrogen) atoms. The third-order valence-corrected chi connectivity index (χ3v) is 3.76. The van der Waals surface area contributed by atoms with Gasteiger partial charge in [-0.3, -0.25) is 29.4 Å². The average molecular weight is 350 g/mol. The van der Waals surface area contributed by atoms with Gasteiger partial charge in [-0.25, -0.2) is 4.79 Å². The summed E-state index contributed by atoms with van der Waals surface area (Å²) in [5, 5.41) is 11.1. The molecule has 0 aromatic heterocycles. The highest BCUT2D eigenvalue weighted by molar-refractivity contribution is 6.24. The minimum atomic E-state index is -1.39. The quantitative estimate of drug-likeness (QED) is 0.316. The van der Waals surface area contributed by atoms with Crippen LogP contribution in [0.3, 0.4) is 0 Å². The number of hydrogen-bond acceptors (Lipinski definition) is 8. The van der Waals surface area contributed by atoms with Gasteiger partial charge in [0.2, 0.25) is 0 Å². The van der Waals surface area contributed by atoms with Crippen LogP contribution < -0.4 is 0 Å². The lowest BCUT2D eigenvalue weighted by Crippen LogP contribution is -2.45. The van der Waals surface area contributed by atoms with Crippen molar-refractivity contribution in [3.8, 4) is 0 Å². The lowest BCUT2D eigenvalue weighted by molar-refractivity contribution is -0.385. The van der Waals surface area contributed by atoms with Gasteiger partial charge < -0.3 is 9.47 Å². The highest BCUT2D eigenvalue weighted by Crippen LogP contribution is 2.32. The molecule has 0 fully saturated rings. The number of carbonyl (C=O) groups is 4. The van der Waals surface area contributed by atoms with Crippen molar-refractivity contribution in [1.29, 1.82) is 0 Å². The van der Waals surface area contributed by atoms with Crippen LogP contribution in [-0.4, -0.2) is 53.8 Å². The summed E-state index contributed by atoms with van der Waals surface area (Å²) in [6, 6.07) is 2.23. The van der Waals surface area contributed by atoms with Crippen LogP contribution in [-0.2, 0) is 19.1 Å². The Morgan fingerprint density at radius 3 is 2.44 bits per heavy atom. The molecule has 0 bridgehead atoms. The maximum absolute atomic E-state index is 12.6. The predicted octanol–water partition coefficient (Wildman–Crippen LogP) is 0.686. The number of ether oxygens (including phenoxy) is 2. The molecule has 1 atom stereocenters. The number of methoxy groups -OCH3 is 2. The van der Waals surface area contributed by atoms with Crippen LogP contribution in [0.5, 0.6) is 0 Å². The summed E-state index contributed by atoms with van der Waals surface area (Å²) in [5.74, 6) is -3.39. The fourth-order valence-corrected chi connectivity index (χ4v) is 2.57. The maximum Gasteiger partial charge on any atom is 0.329 e. The molecule has 132 valence electrons. The number of imide groups is 1. The van der Waals surface area contributed by atoms with Gasteiger partial charge in [-0.15, -0.1) is 0 Å². The molecule has 10 nitrogen and oxygen atoms in total. The van der Waals surface area contributed by atoms with Gasteiger partial charge in [0, 0.05) is 12.5 Å². The van der Waals surface area contributed by atoms with E-state index < -0.39 is 40.4 Å². The zero-order chi connectivity index (χ0) is 18.7. The molecule has 1 aliphatic rings. The van der Waals surface area contributed by atoms with E-state index in [9.17, 15) is 29.3 Å². The molecule has 1 aromatic rings. The molecule has 0 spiro atoms. The van der Waals surface area contributed by atoms with Gasteiger partial charge in [0.1, 0.15) is 11.6 Å². The van der Waals surface area contributed by atoms with E-state index in [0.29, 0.717) is 4.90 Å². The number of esters is 2. The first-order valence-corrected chi connectivity index (χ1v) is 7.13. The Balaban J connectivity index is 2.43. The van der Waals surface area contributed by atoms with E-state index in [4.69, 9.17) is 0 Å². The molecule has 2 amide bonds. The van der Waals surface area contributed by atoms with E-state index in [1.807, 2.05) is 0 Å². The average Bonchev–Trinajstić information content (AvgIpc) is 2.86. The van der Waals surface area contributed by atoms with Crippen LogP contribution in [0, 0.1) is 10.1 Å². The van der Waals surface area contributed by atoms with Crippen LogP contribution >= 0.6 is 0 Å². The zero-order valence-electron chi connectivity index (χ0n) is 13.4. The molecule has 1 aliphatic heterocycles. The number of amides is 2. The predicted molar refractivity (Wildman–Crippen MR) is 80.7 cm³/mol. The topological polar surface area (TPSA) is 133 Å². The number of fused-ring (bicyclic) bond motifs is 1. The summed E-state index contributed by atoms with van der Waals surface area (Å²) in [4.78, 5) is 59.3. The Hall–Kier alpha value is -3.30. The first kappa shape index (κ1) is 18.0. The fourth-order valence-electron chi connectivity index (χ4n) is 2.57. The van der Waals surface area contributed by atoms with Crippen molar-refractivity contribution in [1.82, 2.24) is 4.90 Å². The SMILES string of the molecule is COC(=O)CCC(C(=O)OC)N1C(=O)c2cccc([N+](=O)[O-])c2C1=O. The summed E-state index contributed by atoms with van der Waals surface area (Å²) < 4.78 is 9.07. The number of nitro groups is 1. The first-order chi connectivity index (χ1) is 11.8. The molecule has 10 heteroatoms. The largest absolute Gasteiger partial charge is 0.469 e. The first-order valence-electron chi connectivity index (χ1n) is 7.13. The summed E-state index contributed by atoms with van der Waals surface area (Å²) >= 11 is 0. The normalized spacial score (nSPS) is 14.1. The van der Waals surface area contributed by atoms with Crippen LogP contribution in [0.4, 0.5) is 5.69 Å². The second-order valence-corrected chi connectivity index (χ2v) is 5.09. The Morgan fingerprint density at radius 1 is 1.20 bits per heavy atom. The number of carbonyl (C=O) groups excluding carboxylic acids is 4. The van der Waals surface area contributed by atoms with Gasteiger partial charge in [0.15, 0.2) is 0 Å². The minimum absolute atomic E-state index is 0.175. The van der Waals surface area contributed by atoms with E-state index >= 15 is 0 Å². The van der Waals surface area contributed by atoms with Crippen LogP contribution in [0.1, 0.15) is 33.6 Å². The van der Waals surface area contributed by atoms with Crippen LogP contribution in [0.2, 0.25) is 0 Å². The number of nitrogens with zero attached hydrogens (tertiary/aromatic N) is 2. The van der Waals surface area contributed by atoms with E-state index in [1.54, 1.807) is 0 Å². The zero-order valence-corrected chi connectivity index (χ0v) is 13.4. The third-order valence-electron chi connectivity index (χ3n) is 3.76. The molecular weight excluding hydrogens is 336 g/mol. The van der Waals surface area contributed by atoms with Gasteiger partial charge >= 0.3 is 11.9 Å². The highest BCUT2D eigenvalue weighted by atomic mass is 16.6. The number of nitro benzene ring substituents is 1. The molecule has 1 aromatic carbocycles. The van der Waals surface area contributed by atoms with Gasteiger partial charge in [-0.1, -0.05) is 6.07 Å². The highest BCUT2D eigenvalue weighted by Gasteiger charge is 2.46. The molecule has 0 radical (unpaired) electrons. The summed E-state index contributed by atoms with van der Waals surface area (Å²) in [6.45, 7) is 0. The van der Waals surface area contributed by atoms with Crippen LogP contribution in [0.25, 0.3) is 0 Å². The smallest absolute Gasteiger partial charge is 0.329 e. The molecule has 0 saturated heterocycles. The number of rotatable bonds is 6. The van der Waals surface area contributed by atoms with Gasteiger partial charge in [0.05, 0.1) is 24.7 Å². The van der Waals surface area contributed by atoms with Crippen molar-refractivity contribution in [3.63, 3.8) is 0 Å². The lowest BCUT2D eigenvalue weighted by Gasteiger charge is -2.23. The van der Waals surface area contributed by atoms with Gasteiger partial charge in [-0.05, 0) is 12.5 Å². The standard InChI is InChI=1S/C15H14N2O8/c1-24-11(18)7-6-10(15(21)25-2)16-13(19)8-4-3-5-9(17(22)23)12(8)14(16)20/h3-5,10H,6-7H2,1-2H3. The fraction of sp³-hybridized carbons (Fsp3) is 0.333. The Labute approximate surface area is 141 Å². The molecular formula is C15H14N2O8. The third kappa shape index (κ3) is 3.18. The van der Waals surface area contributed by atoms with Crippen molar-refractivity contribution >= 4 is 29.4 Å². The minimum Gasteiger partial charge on any atom is -0.469 e. The Bertz CT molecular complexity index is 773. The maximum atomic E-state index is 12.6. The van der Waals surface area contributed by atoms with Crippen molar-refractivity contribution < 1.29 is 33.6 Å². The second-order valence-electron chi connectivity index (χ2n) is 5.09. The van der Waals surface area contributed by atoms with Gasteiger partial charge in [0.25, 0.3) is 17.5 Å². The van der Waals surface area contributed by atoms with Crippen molar-refractivity contribution in [2.45, 2.75) is 18.9 Å². The van der Waals surface area contributed by atoms with E-state index in [-0.39, 0.29) is 24.0 Å². The van der Waals surface area contributed by atoms with Crippen molar-refractivity contribution in [2.75, 3.05) is 14.2 Å². The Kier molecular flexibility index (Phi) is 5.11. The van der Waals surface area contributed by atoms with Crippen LogP contribution in [0.15, 0.2) is 18.2 Å². The molecule has 1 heterocycles. The molecule has 0 saturated carbocycles. The molecule has 0 N–H and O–H groups in total.